The van der Waals surface area contributed by atoms with Crippen molar-refractivity contribution in [2.24, 2.45) is 0 Å². The van der Waals surface area contributed by atoms with Crippen molar-refractivity contribution in [3.8, 4) is 11.5 Å². The van der Waals surface area contributed by atoms with Gasteiger partial charge in [0.05, 0.1) is 7.11 Å². The molecule has 2 rings (SSSR count). The molecule has 0 spiro atoms. The van der Waals surface area contributed by atoms with Crippen LogP contribution in [0.4, 0.5) is 0 Å². The lowest BCUT2D eigenvalue weighted by atomic mass is 10.1. The van der Waals surface area contributed by atoms with Crippen LogP contribution in [0.5, 0.6) is 11.5 Å². The summed E-state index contributed by atoms with van der Waals surface area (Å²) >= 11 is 0. The first-order chi connectivity index (χ1) is 6.33. The molecule has 0 N–H and O–H groups in total. The van der Waals surface area contributed by atoms with Crippen LogP contribution in [0.3, 0.4) is 0 Å². The molecule has 2 nitrogen and oxygen atoms in total. The fourth-order valence-corrected chi connectivity index (χ4v) is 1.65. The Morgan fingerprint density at radius 2 is 2.38 bits per heavy atom. The van der Waals surface area contributed by atoms with Gasteiger partial charge in [0.25, 0.3) is 0 Å². The van der Waals surface area contributed by atoms with Gasteiger partial charge >= 0.3 is 0 Å². The highest BCUT2D eigenvalue weighted by Crippen LogP contribution is 2.32. The van der Waals surface area contributed by atoms with Crippen LogP contribution in [0.2, 0.25) is 0 Å². The van der Waals surface area contributed by atoms with Crippen molar-refractivity contribution in [2.45, 2.75) is 25.9 Å². The number of hydrogen-bond donors (Lipinski definition) is 0. The van der Waals surface area contributed by atoms with Gasteiger partial charge in [0, 0.05) is 12.0 Å². The van der Waals surface area contributed by atoms with Crippen molar-refractivity contribution >= 4 is 0 Å². The van der Waals surface area contributed by atoms with Gasteiger partial charge in [-0.1, -0.05) is 6.92 Å². The fraction of sp³-hybridized carbons (Fsp3) is 0.455. The van der Waals surface area contributed by atoms with Gasteiger partial charge in [-0.05, 0) is 24.6 Å². The SMILES string of the molecule is CC[C@@H]1Cc2cc(OC)ccc2O1. The van der Waals surface area contributed by atoms with E-state index in [1.807, 2.05) is 12.1 Å². The zero-order valence-corrected chi connectivity index (χ0v) is 8.04. The largest absolute Gasteiger partial charge is 0.497 e. The minimum atomic E-state index is 0.363. The Morgan fingerprint density at radius 3 is 3.08 bits per heavy atom. The maximum atomic E-state index is 5.70. The molecule has 0 saturated carbocycles. The molecule has 0 bridgehead atoms. The highest BCUT2D eigenvalue weighted by Gasteiger charge is 2.21. The third-order valence-electron chi connectivity index (χ3n) is 2.46. The molecule has 1 aromatic carbocycles. The van der Waals surface area contributed by atoms with Crippen LogP contribution in [0.15, 0.2) is 18.2 Å². The average molecular weight is 178 g/mol. The summed E-state index contributed by atoms with van der Waals surface area (Å²) in [4.78, 5) is 0. The molecule has 0 fully saturated rings. The van der Waals surface area contributed by atoms with Gasteiger partial charge in [0.2, 0.25) is 0 Å². The number of hydrogen-bond acceptors (Lipinski definition) is 2. The number of fused-ring (bicyclic) bond motifs is 1. The Bertz CT molecular complexity index is 307. The first-order valence-electron chi connectivity index (χ1n) is 4.67. The first-order valence-corrected chi connectivity index (χ1v) is 4.67. The molecule has 70 valence electrons. The van der Waals surface area contributed by atoms with Gasteiger partial charge < -0.3 is 9.47 Å². The molecular weight excluding hydrogens is 164 g/mol. The van der Waals surface area contributed by atoms with Gasteiger partial charge in [-0.15, -0.1) is 0 Å². The Balaban J connectivity index is 2.25. The molecule has 1 heterocycles. The van der Waals surface area contributed by atoms with Gasteiger partial charge in [0.1, 0.15) is 17.6 Å². The minimum absolute atomic E-state index is 0.363. The van der Waals surface area contributed by atoms with Crippen LogP contribution in [0.25, 0.3) is 0 Å². The van der Waals surface area contributed by atoms with E-state index in [0.717, 1.165) is 24.3 Å². The predicted octanol–water partition coefficient (Wildman–Crippen LogP) is 2.41. The summed E-state index contributed by atoms with van der Waals surface area (Å²) in [5.41, 5.74) is 1.27. The monoisotopic (exact) mass is 178 g/mol. The van der Waals surface area contributed by atoms with Crippen LogP contribution in [0.1, 0.15) is 18.9 Å². The number of methoxy groups -OCH3 is 1. The van der Waals surface area contributed by atoms with Crippen LogP contribution in [-0.4, -0.2) is 13.2 Å². The van der Waals surface area contributed by atoms with E-state index in [1.165, 1.54) is 5.56 Å². The normalized spacial score (nSPS) is 19.4. The van der Waals surface area contributed by atoms with Crippen molar-refractivity contribution < 1.29 is 9.47 Å². The molecule has 0 unspecified atom stereocenters. The molecule has 0 amide bonds. The van der Waals surface area contributed by atoms with E-state index in [9.17, 15) is 0 Å². The average Bonchev–Trinajstić information content (AvgIpc) is 2.58. The maximum absolute atomic E-state index is 5.70. The molecule has 13 heavy (non-hydrogen) atoms. The Morgan fingerprint density at radius 1 is 1.54 bits per heavy atom. The summed E-state index contributed by atoms with van der Waals surface area (Å²) in [6, 6.07) is 5.99. The fourth-order valence-electron chi connectivity index (χ4n) is 1.65. The molecule has 0 aliphatic carbocycles. The van der Waals surface area contributed by atoms with Gasteiger partial charge in [-0.25, -0.2) is 0 Å². The molecule has 1 atom stereocenters. The molecule has 1 aliphatic heterocycles. The van der Waals surface area contributed by atoms with E-state index in [2.05, 4.69) is 13.0 Å². The highest BCUT2D eigenvalue weighted by molar-refractivity contribution is 5.43. The second kappa shape index (κ2) is 3.29. The quantitative estimate of drug-likeness (QED) is 0.692. The van der Waals surface area contributed by atoms with Crippen molar-refractivity contribution in [2.75, 3.05) is 7.11 Å². The van der Waals surface area contributed by atoms with Crippen molar-refractivity contribution in [1.29, 1.82) is 0 Å². The summed E-state index contributed by atoms with van der Waals surface area (Å²) in [5, 5.41) is 0. The third kappa shape index (κ3) is 1.48. The van der Waals surface area contributed by atoms with Crippen LogP contribution in [0, 0.1) is 0 Å². The number of rotatable bonds is 2. The molecule has 0 aromatic heterocycles. The van der Waals surface area contributed by atoms with Crippen LogP contribution >= 0.6 is 0 Å². The van der Waals surface area contributed by atoms with E-state index in [4.69, 9.17) is 9.47 Å². The Kier molecular flexibility index (Phi) is 2.13. The highest BCUT2D eigenvalue weighted by atomic mass is 16.5. The number of ether oxygens (including phenoxy) is 2. The molecule has 0 radical (unpaired) electrons. The zero-order chi connectivity index (χ0) is 9.26. The lowest BCUT2D eigenvalue weighted by molar-refractivity contribution is 0.228. The van der Waals surface area contributed by atoms with E-state index >= 15 is 0 Å². The topological polar surface area (TPSA) is 18.5 Å². The number of benzene rings is 1. The first kappa shape index (κ1) is 8.42. The van der Waals surface area contributed by atoms with Crippen molar-refractivity contribution in [3.05, 3.63) is 23.8 Å². The second-order valence-electron chi connectivity index (χ2n) is 3.33. The Hall–Kier alpha value is -1.18. The zero-order valence-electron chi connectivity index (χ0n) is 8.04. The van der Waals surface area contributed by atoms with Crippen LogP contribution < -0.4 is 9.47 Å². The second-order valence-corrected chi connectivity index (χ2v) is 3.33. The lowest BCUT2D eigenvalue weighted by Gasteiger charge is -2.05. The van der Waals surface area contributed by atoms with Gasteiger partial charge in [-0.3, -0.25) is 0 Å². The van der Waals surface area contributed by atoms with E-state index in [1.54, 1.807) is 7.11 Å². The Labute approximate surface area is 78.5 Å². The van der Waals surface area contributed by atoms with Crippen LogP contribution in [-0.2, 0) is 6.42 Å². The molecular formula is C11H14O2. The van der Waals surface area contributed by atoms with Crippen molar-refractivity contribution in [1.82, 2.24) is 0 Å². The predicted molar refractivity (Wildman–Crippen MR) is 51.4 cm³/mol. The van der Waals surface area contributed by atoms with Gasteiger partial charge in [0.15, 0.2) is 0 Å². The smallest absolute Gasteiger partial charge is 0.123 e. The third-order valence-corrected chi connectivity index (χ3v) is 2.46. The summed E-state index contributed by atoms with van der Waals surface area (Å²) in [5.74, 6) is 1.94. The molecule has 0 saturated heterocycles. The van der Waals surface area contributed by atoms with Crippen molar-refractivity contribution in [3.63, 3.8) is 0 Å². The van der Waals surface area contributed by atoms with Gasteiger partial charge in [-0.2, -0.15) is 0 Å². The lowest BCUT2D eigenvalue weighted by Crippen LogP contribution is -2.10. The summed E-state index contributed by atoms with van der Waals surface area (Å²) < 4.78 is 10.9. The molecule has 1 aliphatic rings. The maximum Gasteiger partial charge on any atom is 0.123 e. The van der Waals surface area contributed by atoms with E-state index < -0.39 is 0 Å². The van der Waals surface area contributed by atoms with E-state index in [0.29, 0.717) is 6.10 Å². The summed E-state index contributed by atoms with van der Waals surface area (Å²) in [7, 11) is 1.69. The standard InChI is InChI=1S/C11H14O2/c1-3-9-6-8-7-10(12-2)4-5-11(8)13-9/h4-5,7,9H,3,6H2,1-2H3/t9-/m1/s1. The molecule has 2 heteroatoms. The molecule has 1 aromatic rings. The summed E-state index contributed by atoms with van der Waals surface area (Å²) in [6.45, 7) is 2.15. The van der Waals surface area contributed by atoms with E-state index in [-0.39, 0.29) is 0 Å². The minimum Gasteiger partial charge on any atom is -0.497 e. The summed E-state index contributed by atoms with van der Waals surface area (Å²) in [6.07, 6.45) is 2.45.